The van der Waals surface area contributed by atoms with E-state index in [1.54, 1.807) is 20.8 Å². The molecule has 18 heavy (non-hydrogen) atoms. The molecule has 4 heteroatoms. The third-order valence-electron chi connectivity index (χ3n) is 2.86. The second-order valence-corrected chi connectivity index (χ2v) is 4.88. The molecular weight excluding hydrogens is 232 g/mol. The molecule has 0 radical (unpaired) electrons. The molecule has 0 aromatic heterocycles. The molecule has 106 valence electrons. The standard InChI is InChI=1S/C14H26O4/c1-5-7-8-9-10-17-11-12(15)14(3,4)13(16)18-6-2/h5-11H2,1-4H3. The van der Waals surface area contributed by atoms with Crippen molar-refractivity contribution in [3.63, 3.8) is 0 Å². The Hall–Kier alpha value is -0.900. The van der Waals surface area contributed by atoms with E-state index in [9.17, 15) is 9.59 Å². The molecule has 0 rings (SSSR count). The van der Waals surface area contributed by atoms with Crippen molar-refractivity contribution in [3.05, 3.63) is 0 Å². The quantitative estimate of drug-likeness (QED) is 0.343. The molecule has 0 spiro atoms. The van der Waals surface area contributed by atoms with E-state index in [0.717, 1.165) is 12.8 Å². The molecule has 0 N–H and O–H groups in total. The third kappa shape index (κ3) is 6.15. The van der Waals surface area contributed by atoms with Crippen LogP contribution in [0.1, 0.15) is 53.4 Å². The molecule has 0 saturated carbocycles. The van der Waals surface area contributed by atoms with Gasteiger partial charge in [0, 0.05) is 6.61 Å². The van der Waals surface area contributed by atoms with Crippen LogP contribution in [0.15, 0.2) is 0 Å². The van der Waals surface area contributed by atoms with Gasteiger partial charge in [-0.1, -0.05) is 26.2 Å². The zero-order chi connectivity index (χ0) is 14.0. The van der Waals surface area contributed by atoms with Crippen LogP contribution in [0, 0.1) is 5.41 Å². The highest BCUT2D eigenvalue weighted by Gasteiger charge is 2.37. The number of carbonyl (C=O) groups is 2. The summed E-state index contributed by atoms with van der Waals surface area (Å²) in [6, 6.07) is 0. The van der Waals surface area contributed by atoms with Crippen LogP contribution in [0.5, 0.6) is 0 Å². The van der Waals surface area contributed by atoms with E-state index in [1.807, 2.05) is 0 Å². The molecule has 0 heterocycles. The fourth-order valence-electron chi connectivity index (χ4n) is 1.40. The van der Waals surface area contributed by atoms with Gasteiger partial charge in [-0.25, -0.2) is 0 Å². The monoisotopic (exact) mass is 258 g/mol. The zero-order valence-corrected chi connectivity index (χ0v) is 12.1. The summed E-state index contributed by atoms with van der Waals surface area (Å²) in [4.78, 5) is 23.4. The lowest BCUT2D eigenvalue weighted by molar-refractivity contribution is -0.159. The lowest BCUT2D eigenvalue weighted by atomic mass is 9.88. The summed E-state index contributed by atoms with van der Waals surface area (Å²) >= 11 is 0. The van der Waals surface area contributed by atoms with Crippen LogP contribution in [0.25, 0.3) is 0 Å². The minimum Gasteiger partial charge on any atom is -0.465 e. The average Bonchev–Trinajstić information content (AvgIpc) is 2.33. The molecule has 0 aromatic carbocycles. The van der Waals surface area contributed by atoms with Gasteiger partial charge in [0.1, 0.15) is 12.0 Å². The van der Waals surface area contributed by atoms with Crippen LogP contribution in [0.4, 0.5) is 0 Å². The van der Waals surface area contributed by atoms with Crippen molar-refractivity contribution in [2.24, 2.45) is 5.41 Å². The van der Waals surface area contributed by atoms with Gasteiger partial charge in [0.05, 0.1) is 6.61 Å². The Morgan fingerprint density at radius 1 is 1.06 bits per heavy atom. The Morgan fingerprint density at radius 3 is 2.28 bits per heavy atom. The highest BCUT2D eigenvalue weighted by atomic mass is 16.5. The first-order valence-electron chi connectivity index (χ1n) is 6.75. The molecule has 4 nitrogen and oxygen atoms in total. The summed E-state index contributed by atoms with van der Waals surface area (Å²) in [6.45, 7) is 7.87. The van der Waals surface area contributed by atoms with Crippen LogP contribution < -0.4 is 0 Å². The molecule has 0 atom stereocenters. The molecule has 0 aliphatic heterocycles. The highest BCUT2D eigenvalue weighted by molar-refractivity contribution is 6.03. The van der Waals surface area contributed by atoms with Gasteiger partial charge in [0.15, 0.2) is 5.78 Å². The molecule has 0 bridgehead atoms. The first kappa shape index (κ1) is 17.1. The lowest BCUT2D eigenvalue weighted by Gasteiger charge is -2.20. The van der Waals surface area contributed by atoms with Crippen LogP contribution in [-0.2, 0) is 19.1 Å². The number of carbonyl (C=O) groups excluding carboxylic acids is 2. The Balaban J connectivity index is 3.89. The zero-order valence-electron chi connectivity index (χ0n) is 12.1. The summed E-state index contributed by atoms with van der Waals surface area (Å²) in [6.07, 6.45) is 4.44. The Morgan fingerprint density at radius 2 is 1.72 bits per heavy atom. The van der Waals surface area contributed by atoms with Gasteiger partial charge < -0.3 is 9.47 Å². The van der Waals surface area contributed by atoms with E-state index in [4.69, 9.17) is 9.47 Å². The summed E-state index contributed by atoms with van der Waals surface area (Å²) in [7, 11) is 0. The van der Waals surface area contributed by atoms with Crippen LogP contribution in [0.3, 0.4) is 0 Å². The molecule has 0 saturated heterocycles. The van der Waals surface area contributed by atoms with Crippen molar-refractivity contribution in [2.45, 2.75) is 53.4 Å². The fourth-order valence-corrected chi connectivity index (χ4v) is 1.40. The predicted molar refractivity (Wildman–Crippen MR) is 70.4 cm³/mol. The van der Waals surface area contributed by atoms with Crippen molar-refractivity contribution in [1.82, 2.24) is 0 Å². The number of ether oxygens (including phenoxy) is 2. The minimum atomic E-state index is -1.11. The number of unbranched alkanes of at least 4 members (excludes halogenated alkanes) is 3. The highest BCUT2D eigenvalue weighted by Crippen LogP contribution is 2.19. The van der Waals surface area contributed by atoms with Crippen LogP contribution >= 0.6 is 0 Å². The Kier molecular flexibility index (Phi) is 8.63. The molecule has 0 amide bonds. The largest absolute Gasteiger partial charge is 0.465 e. The summed E-state index contributed by atoms with van der Waals surface area (Å²) in [5.74, 6) is -0.707. The number of rotatable bonds is 10. The maximum Gasteiger partial charge on any atom is 0.319 e. The predicted octanol–water partition coefficient (Wildman–Crippen LogP) is 2.74. The third-order valence-corrected chi connectivity index (χ3v) is 2.86. The number of ketones is 1. The van der Waals surface area contributed by atoms with E-state index in [0.29, 0.717) is 6.61 Å². The van der Waals surface area contributed by atoms with Crippen molar-refractivity contribution in [2.75, 3.05) is 19.8 Å². The normalized spacial score (nSPS) is 11.3. The summed E-state index contributed by atoms with van der Waals surface area (Å²) in [5.41, 5.74) is -1.11. The topological polar surface area (TPSA) is 52.6 Å². The van der Waals surface area contributed by atoms with Crippen LogP contribution in [-0.4, -0.2) is 31.6 Å². The van der Waals surface area contributed by atoms with E-state index in [2.05, 4.69) is 6.92 Å². The molecule has 0 aliphatic carbocycles. The van der Waals surface area contributed by atoms with Gasteiger partial charge >= 0.3 is 5.97 Å². The van der Waals surface area contributed by atoms with Crippen LogP contribution in [0.2, 0.25) is 0 Å². The van der Waals surface area contributed by atoms with Crippen molar-refractivity contribution < 1.29 is 19.1 Å². The van der Waals surface area contributed by atoms with E-state index < -0.39 is 11.4 Å². The Bertz CT molecular complexity index is 259. The second-order valence-electron chi connectivity index (χ2n) is 4.88. The van der Waals surface area contributed by atoms with Gasteiger partial charge in [0.25, 0.3) is 0 Å². The number of Topliss-reactive ketones (excluding diaryl/α,β-unsaturated/α-hetero) is 1. The second kappa shape index (κ2) is 9.09. The van der Waals surface area contributed by atoms with E-state index in [-0.39, 0.29) is 19.0 Å². The average molecular weight is 258 g/mol. The lowest BCUT2D eigenvalue weighted by Crippen LogP contribution is -2.37. The molecule has 0 aromatic rings. The summed E-state index contributed by atoms with van der Waals surface area (Å²) < 4.78 is 10.2. The molecular formula is C14H26O4. The first-order valence-corrected chi connectivity index (χ1v) is 6.75. The van der Waals surface area contributed by atoms with Gasteiger partial charge in [-0.3, -0.25) is 9.59 Å². The molecule has 0 unspecified atom stereocenters. The molecule has 0 aliphatic rings. The van der Waals surface area contributed by atoms with Gasteiger partial charge in [-0.15, -0.1) is 0 Å². The smallest absolute Gasteiger partial charge is 0.319 e. The van der Waals surface area contributed by atoms with Crippen molar-refractivity contribution >= 4 is 11.8 Å². The number of hydrogen-bond donors (Lipinski definition) is 0. The number of esters is 1. The summed E-state index contributed by atoms with van der Waals surface area (Å²) in [5, 5.41) is 0. The van der Waals surface area contributed by atoms with Gasteiger partial charge in [-0.2, -0.15) is 0 Å². The number of hydrogen-bond acceptors (Lipinski definition) is 4. The first-order chi connectivity index (χ1) is 8.46. The van der Waals surface area contributed by atoms with Crippen molar-refractivity contribution in [3.8, 4) is 0 Å². The van der Waals surface area contributed by atoms with E-state index >= 15 is 0 Å². The maximum atomic E-state index is 11.8. The SMILES string of the molecule is CCCCCCOCC(=O)C(C)(C)C(=O)OCC. The maximum absolute atomic E-state index is 11.8. The minimum absolute atomic E-state index is 0.0159. The van der Waals surface area contributed by atoms with Gasteiger partial charge in [-0.05, 0) is 27.2 Å². The van der Waals surface area contributed by atoms with E-state index in [1.165, 1.54) is 12.8 Å². The van der Waals surface area contributed by atoms with Gasteiger partial charge in [0.2, 0.25) is 0 Å². The fraction of sp³-hybridized carbons (Fsp3) is 0.857. The molecule has 0 fully saturated rings. The van der Waals surface area contributed by atoms with Crippen molar-refractivity contribution in [1.29, 1.82) is 0 Å². The Labute approximate surface area is 110 Å².